The van der Waals surface area contributed by atoms with Crippen LogP contribution < -0.4 is 17.4 Å². The van der Waals surface area contributed by atoms with Crippen LogP contribution in [-0.2, 0) is 14.4 Å². The molecule has 6 N–H and O–H groups in total. The molecule has 0 rings (SSSR count). The van der Waals surface area contributed by atoms with E-state index in [2.05, 4.69) is 10.7 Å². The number of rotatable bonds is 5. The van der Waals surface area contributed by atoms with E-state index < -0.39 is 17.9 Å². The molecule has 0 bridgehead atoms. The maximum atomic E-state index is 10.8. The van der Waals surface area contributed by atoms with Gasteiger partial charge in [0.25, 0.3) is 0 Å². The van der Waals surface area contributed by atoms with Crippen molar-refractivity contribution < 1.29 is 14.4 Å². The molecule has 11 heavy (non-hydrogen) atoms. The van der Waals surface area contributed by atoms with E-state index >= 15 is 0 Å². The molecule has 0 heterocycles. The van der Waals surface area contributed by atoms with E-state index in [0.29, 0.717) is 0 Å². The van der Waals surface area contributed by atoms with Crippen LogP contribution in [-0.4, -0.2) is 24.8 Å². The molecule has 0 aromatic heterocycles. The molecule has 0 saturated heterocycles. The van der Waals surface area contributed by atoms with Gasteiger partial charge in [0.1, 0.15) is 12.5 Å². The largest absolute Gasteiger partial charge is 0.315 e. The molecule has 0 fully saturated rings. The van der Waals surface area contributed by atoms with E-state index in [1.54, 1.807) is 0 Å². The maximum absolute atomic E-state index is 10.8. The molecule has 6 heteroatoms. The van der Waals surface area contributed by atoms with Gasteiger partial charge in [-0.1, -0.05) is 0 Å². The minimum atomic E-state index is -1.15. The average Bonchev–Trinajstić information content (AvgIpc) is 1.88. The van der Waals surface area contributed by atoms with Crippen LogP contribution in [0.2, 0.25) is 0 Å². The quantitative estimate of drug-likeness (QED) is 0.230. The lowest BCUT2D eigenvalue weighted by Crippen LogP contribution is -2.45. The van der Waals surface area contributed by atoms with Crippen LogP contribution in [0.3, 0.4) is 0 Å². The zero-order chi connectivity index (χ0) is 8.85. The van der Waals surface area contributed by atoms with Crippen molar-refractivity contribution in [2.45, 2.75) is 6.17 Å². The Labute approximate surface area is 63.6 Å². The number of hydrogen-bond donors (Lipinski definition) is 3. The molecule has 0 aromatic rings. The third kappa shape index (κ3) is 3.19. The Balaban J connectivity index is 4.03. The highest BCUT2D eigenvalue weighted by molar-refractivity contribution is 5.94. The van der Waals surface area contributed by atoms with Gasteiger partial charge in [0.05, 0.1) is 6.17 Å². The summed E-state index contributed by atoms with van der Waals surface area (Å²) in [5.74, 6) is 2.86. The number of hydrogen-bond acceptors (Lipinski definition) is 6. The first-order chi connectivity index (χ1) is 5.13. The van der Waals surface area contributed by atoms with Gasteiger partial charge >= 0.3 is 0 Å². The summed E-state index contributed by atoms with van der Waals surface area (Å²) < 4.78 is 0. The van der Waals surface area contributed by atoms with Gasteiger partial charge in [-0.2, -0.15) is 0 Å². The van der Waals surface area contributed by atoms with Crippen molar-refractivity contribution >= 4 is 12.1 Å². The van der Waals surface area contributed by atoms with Crippen LogP contribution >= 0.6 is 0 Å². The summed E-state index contributed by atoms with van der Waals surface area (Å²) in [7, 11) is 0. The Morgan fingerprint density at radius 2 is 2.09 bits per heavy atom. The molecule has 1 radical (unpaired) electrons. The molecule has 0 saturated carbocycles. The third-order valence-electron chi connectivity index (χ3n) is 1.08. The highest BCUT2D eigenvalue weighted by Crippen LogP contribution is 1.94. The highest BCUT2D eigenvalue weighted by Gasteiger charge is 2.22. The molecule has 0 aliphatic carbocycles. The standard InChI is InChI=1S/C5H10N3O3/c6-5(7)3(1-9)4(10)2-11-8/h3,5H,2,6-8H2. The highest BCUT2D eigenvalue weighted by atomic mass is 16.6. The third-order valence-corrected chi connectivity index (χ3v) is 1.08. The van der Waals surface area contributed by atoms with Crippen molar-refractivity contribution in [2.75, 3.05) is 6.61 Å². The molecule has 0 aromatic carbocycles. The Bertz CT molecular complexity index is 148. The smallest absolute Gasteiger partial charge is 0.212 e. The molecular weight excluding hydrogens is 150 g/mol. The number of carbonyl (C=O) groups excluding carboxylic acids is 2. The summed E-state index contributed by atoms with van der Waals surface area (Å²) in [5, 5.41) is 0. The van der Waals surface area contributed by atoms with Crippen molar-refractivity contribution in [3.63, 3.8) is 0 Å². The van der Waals surface area contributed by atoms with Gasteiger partial charge in [0.2, 0.25) is 6.29 Å². The van der Waals surface area contributed by atoms with Crippen LogP contribution in [0, 0.1) is 5.92 Å². The molecule has 1 atom stereocenters. The lowest BCUT2D eigenvalue weighted by Gasteiger charge is -2.10. The van der Waals surface area contributed by atoms with E-state index in [4.69, 9.17) is 11.5 Å². The van der Waals surface area contributed by atoms with Gasteiger partial charge in [-0.3, -0.25) is 14.4 Å². The zero-order valence-electron chi connectivity index (χ0n) is 5.82. The predicted molar refractivity (Wildman–Crippen MR) is 36.5 cm³/mol. The number of Topliss-reactive ketones (excluding diaryl/α,β-unsaturated/α-hetero) is 1. The van der Waals surface area contributed by atoms with Crippen molar-refractivity contribution in [3.8, 4) is 0 Å². The van der Waals surface area contributed by atoms with E-state index in [1.807, 2.05) is 0 Å². The van der Waals surface area contributed by atoms with E-state index in [9.17, 15) is 9.59 Å². The number of nitrogens with two attached hydrogens (primary N) is 3. The topological polar surface area (TPSA) is 121 Å². The first kappa shape index (κ1) is 10.2. The van der Waals surface area contributed by atoms with Gasteiger partial charge in [-0.15, -0.1) is 0 Å². The number of carbonyl (C=O) groups is 1. The second kappa shape index (κ2) is 4.91. The number of ketones is 1. The van der Waals surface area contributed by atoms with Crippen LogP contribution in [0.4, 0.5) is 0 Å². The van der Waals surface area contributed by atoms with Gasteiger partial charge in [-0.05, 0) is 0 Å². The fourth-order valence-corrected chi connectivity index (χ4v) is 0.531. The predicted octanol–water partition coefficient (Wildman–Crippen LogP) is -2.58. The summed E-state index contributed by atoms with van der Waals surface area (Å²) in [6.07, 6.45) is 0.355. The Morgan fingerprint density at radius 3 is 2.36 bits per heavy atom. The monoisotopic (exact) mass is 160 g/mol. The van der Waals surface area contributed by atoms with Crippen LogP contribution in [0.5, 0.6) is 0 Å². The molecule has 1 unspecified atom stereocenters. The molecule has 6 nitrogen and oxygen atoms in total. The summed E-state index contributed by atoms with van der Waals surface area (Å²) in [6.45, 7) is -0.384. The summed E-state index contributed by atoms with van der Waals surface area (Å²) in [4.78, 5) is 24.8. The van der Waals surface area contributed by atoms with Crippen LogP contribution in [0.15, 0.2) is 0 Å². The Hall–Kier alpha value is -0.820. The minimum absolute atomic E-state index is 0.384. The molecule has 0 spiro atoms. The fraction of sp³-hybridized carbons (Fsp3) is 0.600. The van der Waals surface area contributed by atoms with E-state index in [0.717, 1.165) is 0 Å². The maximum Gasteiger partial charge on any atom is 0.212 e. The summed E-state index contributed by atoms with van der Waals surface area (Å²) in [6, 6.07) is 0. The van der Waals surface area contributed by atoms with Crippen molar-refractivity contribution in [1.82, 2.24) is 0 Å². The molecule has 63 valence electrons. The molecular formula is C5H10N3O3. The normalized spacial score (nSPS) is 13.1. The minimum Gasteiger partial charge on any atom is -0.315 e. The molecule has 0 amide bonds. The first-order valence-corrected chi connectivity index (χ1v) is 2.86. The van der Waals surface area contributed by atoms with E-state index in [-0.39, 0.29) is 6.61 Å². The van der Waals surface area contributed by atoms with Gasteiger partial charge < -0.3 is 11.5 Å². The zero-order valence-corrected chi connectivity index (χ0v) is 5.82. The van der Waals surface area contributed by atoms with Gasteiger partial charge in [0.15, 0.2) is 5.78 Å². The Morgan fingerprint density at radius 1 is 1.55 bits per heavy atom. The second-order valence-corrected chi connectivity index (χ2v) is 1.95. The molecule has 0 aliphatic rings. The van der Waals surface area contributed by atoms with Crippen LogP contribution in [0.25, 0.3) is 0 Å². The summed E-state index contributed by atoms with van der Waals surface area (Å²) in [5.41, 5.74) is 10.2. The average molecular weight is 160 g/mol. The van der Waals surface area contributed by atoms with Crippen LogP contribution in [0.1, 0.15) is 0 Å². The van der Waals surface area contributed by atoms with Crippen molar-refractivity contribution in [2.24, 2.45) is 23.3 Å². The lowest BCUT2D eigenvalue weighted by atomic mass is 10.0. The Kier molecular flexibility index (Phi) is 4.55. The first-order valence-electron chi connectivity index (χ1n) is 2.86. The molecule has 0 aliphatic heterocycles. The van der Waals surface area contributed by atoms with Crippen molar-refractivity contribution in [1.29, 1.82) is 0 Å². The summed E-state index contributed by atoms with van der Waals surface area (Å²) >= 11 is 0. The van der Waals surface area contributed by atoms with E-state index in [1.165, 1.54) is 6.29 Å². The second-order valence-electron chi connectivity index (χ2n) is 1.95. The SMILES string of the molecule is NOCC(=O)C([C]=O)C(N)N. The van der Waals surface area contributed by atoms with Gasteiger partial charge in [-0.25, -0.2) is 5.90 Å². The van der Waals surface area contributed by atoms with Crippen molar-refractivity contribution in [3.05, 3.63) is 0 Å². The fourth-order valence-electron chi connectivity index (χ4n) is 0.531. The van der Waals surface area contributed by atoms with Gasteiger partial charge in [0, 0.05) is 0 Å². The lowest BCUT2D eigenvalue weighted by molar-refractivity contribution is -0.126.